The molecule has 1 N–H and O–H groups in total. The minimum absolute atomic E-state index is 0.127. The summed E-state index contributed by atoms with van der Waals surface area (Å²) in [6.07, 6.45) is -4.42. The smallest absolute Gasteiger partial charge is 0.380 e. The van der Waals surface area contributed by atoms with Gasteiger partial charge in [0.05, 0.1) is 17.9 Å². The van der Waals surface area contributed by atoms with Crippen LogP contribution in [0.1, 0.15) is 5.56 Å². The zero-order valence-corrected chi connectivity index (χ0v) is 9.52. The van der Waals surface area contributed by atoms with Gasteiger partial charge in [-0.05, 0) is 12.1 Å². The highest BCUT2D eigenvalue weighted by Gasteiger charge is 2.27. The molecule has 8 heteroatoms. The number of nitrogens with zero attached hydrogens (tertiary/aromatic N) is 1. The molecule has 0 radical (unpaired) electrons. The van der Waals surface area contributed by atoms with Crippen LogP contribution in [0.3, 0.4) is 0 Å². The number of alkyl halides is 3. The van der Waals surface area contributed by atoms with Gasteiger partial charge >= 0.3 is 6.18 Å². The standard InChI is InChI=1S/C11H9F5N2O/c12-9-7(5-17)1-2-8(10(9)13)18-3-4-19-6-11(14,15)16/h1-2,18H,3-4,6H2. The normalized spacial score (nSPS) is 11.2. The lowest BCUT2D eigenvalue weighted by Crippen LogP contribution is -2.20. The molecule has 3 nitrogen and oxygen atoms in total. The molecule has 19 heavy (non-hydrogen) atoms. The molecule has 0 spiro atoms. The molecule has 0 aliphatic rings. The van der Waals surface area contributed by atoms with E-state index < -0.39 is 30.0 Å². The number of anilines is 1. The Kier molecular flexibility index (Phi) is 5.06. The maximum atomic E-state index is 13.3. The number of ether oxygens (including phenoxy) is 1. The maximum absolute atomic E-state index is 13.3. The third-order valence-electron chi connectivity index (χ3n) is 2.03. The summed E-state index contributed by atoms with van der Waals surface area (Å²) in [4.78, 5) is 0. The number of hydrogen-bond donors (Lipinski definition) is 1. The van der Waals surface area contributed by atoms with Crippen molar-refractivity contribution in [1.29, 1.82) is 5.26 Å². The van der Waals surface area contributed by atoms with Crippen molar-refractivity contribution < 1.29 is 26.7 Å². The van der Waals surface area contributed by atoms with Crippen LogP contribution in [0.4, 0.5) is 27.6 Å². The molecule has 0 aromatic heterocycles. The van der Waals surface area contributed by atoms with Gasteiger partial charge in [-0.1, -0.05) is 0 Å². The molecule has 0 heterocycles. The average Bonchev–Trinajstić information content (AvgIpc) is 2.33. The van der Waals surface area contributed by atoms with E-state index in [1.54, 1.807) is 0 Å². The summed E-state index contributed by atoms with van der Waals surface area (Å²) in [6.45, 7) is -1.85. The number of nitriles is 1. The highest BCUT2D eigenvalue weighted by Crippen LogP contribution is 2.20. The number of nitrogens with one attached hydrogen (secondary N) is 1. The third kappa shape index (κ3) is 4.71. The van der Waals surface area contributed by atoms with Crippen LogP contribution in [-0.4, -0.2) is 25.9 Å². The van der Waals surface area contributed by atoms with Crippen LogP contribution in [0.5, 0.6) is 0 Å². The minimum atomic E-state index is -4.42. The summed E-state index contributed by atoms with van der Waals surface area (Å²) in [6, 6.07) is 3.66. The molecule has 1 aromatic carbocycles. The lowest BCUT2D eigenvalue weighted by molar-refractivity contribution is -0.172. The van der Waals surface area contributed by atoms with Crippen molar-refractivity contribution in [3.63, 3.8) is 0 Å². The molecule has 1 rings (SSSR count). The van der Waals surface area contributed by atoms with Crippen LogP contribution in [0.15, 0.2) is 12.1 Å². The van der Waals surface area contributed by atoms with Crippen molar-refractivity contribution in [3.05, 3.63) is 29.3 Å². The summed E-state index contributed by atoms with van der Waals surface area (Å²) in [5.74, 6) is -2.56. The Morgan fingerprint density at radius 3 is 2.47 bits per heavy atom. The zero-order valence-electron chi connectivity index (χ0n) is 9.52. The second-order valence-electron chi connectivity index (χ2n) is 3.49. The summed E-state index contributed by atoms with van der Waals surface area (Å²) >= 11 is 0. The number of rotatable bonds is 5. The maximum Gasteiger partial charge on any atom is 0.411 e. The van der Waals surface area contributed by atoms with Crippen molar-refractivity contribution in [1.82, 2.24) is 0 Å². The van der Waals surface area contributed by atoms with E-state index in [1.165, 1.54) is 6.07 Å². The van der Waals surface area contributed by atoms with Crippen LogP contribution in [0, 0.1) is 23.0 Å². The van der Waals surface area contributed by atoms with Gasteiger partial charge in [0.1, 0.15) is 12.7 Å². The van der Waals surface area contributed by atoms with Crippen molar-refractivity contribution in [2.24, 2.45) is 0 Å². The monoisotopic (exact) mass is 280 g/mol. The highest BCUT2D eigenvalue weighted by atomic mass is 19.4. The first-order valence-corrected chi connectivity index (χ1v) is 5.11. The first kappa shape index (κ1) is 15.2. The molecule has 0 amide bonds. The van der Waals surface area contributed by atoms with Crippen molar-refractivity contribution in [2.45, 2.75) is 6.18 Å². The SMILES string of the molecule is N#Cc1ccc(NCCOCC(F)(F)F)c(F)c1F. The molecular formula is C11H9F5N2O. The van der Waals surface area contributed by atoms with Crippen molar-refractivity contribution in [3.8, 4) is 6.07 Å². The van der Waals surface area contributed by atoms with Crippen molar-refractivity contribution in [2.75, 3.05) is 25.1 Å². The van der Waals surface area contributed by atoms with Gasteiger partial charge in [-0.15, -0.1) is 0 Å². The van der Waals surface area contributed by atoms with Gasteiger partial charge in [0.2, 0.25) is 0 Å². The minimum Gasteiger partial charge on any atom is -0.380 e. The summed E-state index contributed by atoms with van der Waals surface area (Å²) in [7, 11) is 0. The number of hydrogen-bond acceptors (Lipinski definition) is 3. The van der Waals surface area contributed by atoms with Crippen LogP contribution >= 0.6 is 0 Å². The van der Waals surface area contributed by atoms with E-state index >= 15 is 0 Å². The molecule has 0 aliphatic heterocycles. The lowest BCUT2D eigenvalue weighted by Gasteiger charge is -2.10. The molecule has 0 saturated heterocycles. The molecule has 0 fully saturated rings. The van der Waals surface area contributed by atoms with Gasteiger partial charge in [-0.2, -0.15) is 18.4 Å². The fourth-order valence-corrected chi connectivity index (χ4v) is 1.22. The average molecular weight is 280 g/mol. The third-order valence-corrected chi connectivity index (χ3v) is 2.03. The molecule has 0 atom stereocenters. The highest BCUT2D eigenvalue weighted by molar-refractivity contribution is 5.49. The Morgan fingerprint density at radius 2 is 1.89 bits per heavy atom. The van der Waals surface area contributed by atoms with Gasteiger partial charge in [0.15, 0.2) is 11.6 Å². The molecular weight excluding hydrogens is 271 g/mol. The van der Waals surface area contributed by atoms with Crippen LogP contribution in [0.25, 0.3) is 0 Å². The fourth-order valence-electron chi connectivity index (χ4n) is 1.22. The second kappa shape index (κ2) is 6.33. The van der Waals surface area contributed by atoms with E-state index in [-0.39, 0.29) is 18.8 Å². The van der Waals surface area contributed by atoms with Crippen LogP contribution < -0.4 is 5.32 Å². The van der Waals surface area contributed by atoms with Crippen LogP contribution in [-0.2, 0) is 4.74 Å². The van der Waals surface area contributed by atoms with Gasteiger partial charge in [-0.3, -0.25) is 0 Å². The predicted octanol–water partition coefficient (Wildman–Crippen LogP) is 2.83. The molecule has 0 bridgehead atoms. The van der Waals surface area contributed by atoms with Gasteiger partial charge in [-0.25, -0.2) is 8.78 Å². The van der Waals surface area contributed by atoms with Gasteiger partial charge in [0, 0.05) is 6.54 Å². The Morgan fingerprint density at radius 1 is 1.21 bits per heavy atom. The largest absolute Gasteiger partial charge is 0.411 e. The molecule has 0 aliphatic carbocycles. The Bertz CT molecular complexity index is 481. The predicted molar refractivity (Wildman–Crippen MR) is 56.4 cm³/mol. The van der Waals surface area contributed by atoms with E-state index in [4.69, 9.17) is 5.26 Å². The molecule has 1 aromatic rings. The van der Waals surface area contributed by atoms with Gasteiger partial charge < -0.3 is 10.1 Å². The fraction of sp³-hybridized carbons (Fsp3) is 0.364. The summed E-state index contributed by atoms with van der Waals surface area (Å²) in [5, 5.41) is 10.8. The van der Waals surface area contributed by atoms with Gasteiger partial charge in [0.25, 0.3) is 0 Å². The quantitative estimate of drug-likeness (QED) is 0.666. The zero-order chi connectivity index (χ0) is 14.5. The first-order valence-electron chi connectivity index (χ1n) is 5.11. The van der Waals surface area contributed by atoms with E-state index in [9.17, 15) is 22.0 Å². The van der Waals surface area contributed by atoms with E-state index in [1.807, 2.05) is 0 Å². The van der Waals surface area contributed by atoms with Crippen LogP contribution in [0.2, 0.25) is 0 Å². The van der Waals surface area contributed by atoms with E-state index in [2.05, 4.69) is 10.1 Å². The Labute approximate surface area is 105 Å². The second-order valence-corrected chi connectivity index (χ2v) is 3.49. The molecule has 104 valence electrons. The Balaban J connectivity index is 2.47. The van der Waals surface area contributed by atoms with Crippen molar-refractivity contribution >= 4 is 5.69 Å². The van der Waals surface area contributed by atoms with E-state index in [0.29, 0.717) is 0 Å². The first-order chi connectivity index (χ1) is 8.85. The molecule has 0 unspecified atom stereocenters. The topological polar surface area (TPSA) is 45.0 Å². The summed E-state index contributed by atoms with van der Waals surface area (Å²) in [5.41, 5.74) is -0.691. The Hall–Kier alpha value is -1.88. The number of halogens is 5. The summed E-state index contributed by atoms with van der Waals surface area (Å²) < 4.78 is 66.0. The van der Waals surface area contributed by atoms with E-state index in [0.717, 1.165) is 12.1 Å². The number of benzene rings is 1. The molecule has 0 saturated carbocycles. The lowest BCUT2D eigenvalue weighted by atomic mass is 10.2.